The molecule has 0 saturated heterocycles. The van der Waals surface area contributed by atoms with Crippen LogP contribution in [0.25, 0.3) is 22.0 Å². The number of nitrogens with zero attached hydrogens (tertiary/aromatic N) is 1. The maximum Gasteiger partial charge on any atom is 0.306 e. The topological polar surface area (TPSA) is 68.5 Å². The Balaban J connectivity index is 0.000000540. The lowest BCUT2D eigenvalue weighted by Crippen LogP contribution is -2.26. The van der Waals surface area contributed by atoms with E-state index in [0.29, 0.717) is 0 Å². The number of rotatable bonds is 10. The summed E-state index contributed by atoms with van der Waals surface area (Å²) in [6.45, 7) is 12.8. The number of para-hydroxylation sites is 1. The van der Waals surface area contributed by atoms with Crippen LogP contribution in [0.1, 0.15) is 73.6 Å². The van der Waals surface area contributed by atoms with Crippen molar-refractivity contribution in [2.45, 2.75) is 85.8 Å². The largest absolute Gasteiger partial charge is 0.488 e. The van der Waals surface area contributed by atoms with Crippen LogP contribution in [-0.4, -0.2) is 21.2 Å². The summed E-state index contributed by atoms with van der Waals surface area (Å²) in [6, 6.07) is 18.1. The average Bonchev–Trinajstić information content (AvgIpc) is 2.85. The van der Waals surface area contributed by atoms with Gasteiger partial charge in [-0.2, -0.15) is 0 Å². The van der Waals surface area contributed by atoms with Crippen LogP contribution in [0.2, 0.25) is 0 Å². The number of ether oxygens (including phenoxy) is 1. The lowest BCUT2D eigenvalue weighted by atomic mass is 10.0. The number of carboxylic acids is 1. The van der Waals surface area contributed by atoms with Crippen molar-refractivity contribution in [2.75, 3.05) is 0 Å². The molecule has 1 aromatic heterocycles. The van der Waals surface area contributed by atoms with Crippen LogP contribution in [0.15, 0.2) is 59.4 Å². The van der Waals surface area contributed by atoms with E-state index in [1.807, 2.05) is 60.0 Å². The Bertz CT molecular complexity index is 1150. The smallest absolute Gasteiger partial charge is 0.306 e. The number of aryl methyl sites for hydroxylation is 1. The Morgan fingerprint density at radius 1 is 1.03 bits per heavy atom. The summed E-state index contributed by atoms with van der Waals surface area (Å²) < 4.78 is 7.98. The summed E-state index contributed by atoms with van der Waals surface area (Å²) in [5.41, 5.74) is 2.57. The van der Waals surface area contributed by atoms with E-state index < -0.39 is 5.97 Å². The second-order valence-electron chi connectivity index (χ2n) is 9.67. The molecular weight excluding hydrogens is 438 g/mol. The molecule has 3 aromatic rings. The Morgan fingerprint density at radius 2 is 1.69 bits per heavy atom. The van der Waals surface area contributed by atoms with Crippen molar-refractivity contribution >= 4 is 16.9 Å². The van der Waals surface area contributed by atoms with Crippen LogP contribution < -0.4 is 10.3 Å². The quantitative estimate of drug-likeness (QED) is 0.305. The van der Waals surface area contributed by atoms with E-state index in [1.165, 1.54) is 0 Å². The third-order valence-corrected chi connectivity index (χ3v) is 6.43. The maximum atomic E-state index is 13.3. The van der Waals surface area contributed by atoms with Gasteiger partial charge in [0.25, 0.3) is 5.56 Å². The maximum absolute atomic E-state index is 13.3. The first-order valence-electron chi connectivity index (χ1n) is 12.8. The number of carboxylic acid groups (broad SMARTS) is 1. The van der Waals surface area contributed by atoms with Crippen LogP contribution in [0.5, 0.6) is 5.75 Å². The summed E-state index contributed by atoms with van der Waals surface area (Å²) in [5, 5.41) is 9.28. The van der Waals surface area contributed by atoms with Gasteiger partial charge < -0.3 is 14.4 Å². The van der Waals surface area contributed by atoms with E-state index >= 15 is 0 Å². The lowest BCUT2D eigenvalue weighted by Gasteiger charge is -2.25. The third-order valence-electron chi connectivity index (χ3n) is 6.43. The van der Waals surface area contributed by atoms with Gasteiger partial charge in [-0.25, -0.2) is 0 Å². The lowest BCUT2D eigenvalue weighted by molar-refractivity contribution is -0.141. The van der Waals surface area contributed by atoms with Crippen molar-refractivity contribution in [1.82, 2.24) is 4.57 Å². The van der Waals surface area contributed by atoms with E-state index in [2.05, 4.69) is 33.8 Å². The molecule has 5 heteroatoms. The Kier molecular flexibility index (Phi) is 10.6. The molecule has 2 aromatic carbocycles. The van der Waals surface area contributed by atoms with Gasteiger partial charge in [-0.1, -0.05) is 70.9 Å². The Labute approximate surface area is 209 Å². The summed E-state index contributed by atoms with van der Waals surface area (Å²) >= 11 is 0. The summed E-state index contributed by atoms with van der Waals surface area (Å²) in [4.78, 5) is 23.2. The SMILES string of the molecule is CCC(C)C(=O)O.CCCCCn1c(=O)c(-c2ccc(OC(C)(C)CC)cc2)cc2ccccc21. The highest BCUT2D eigenvalue weighted by Gasteiger charge is 2.17. The fourth-order valence-corrected chi connectivity index (χ4v) is 3.54. The molecule has 0 saturated carbocycles. The number of carbonyl (C=O) groups is 1. The minimum Gasteiger partial charge on any atom is -0.488 e. The predicted molar refractivity (Wildman–Crippen MR) is 145 cm³/mol. The zero-order chi connectivity index (χ0) is 26.0. The van der Waals surface area contributed by atoms with Gasteiger partial charge >= 0.3 is 5.97 Å². The average molecular weight is 480 g/mol. The minimum atomic E-state index is -0.706. The van der Waals surface area contributed by atoms with Gasteiger partial charge in [-0.3, -0.25) is 9.59 Å². The van der Waals surface area contributed by atoms with Crippen LogP contribution >= 0.6 is 0 Å². The van der Waals surface area contributed by atoms with Gasteiger partial charge in [0.15, 0.2) is 0 Å². The Morgan fingerprint density at radius 3 is 2.23 bits per heavy atom. The van der Waals surface area contributed by atoms with Gasteiger partial charge in [0.05, 0.1) is 11.4 Å². The first kappa shape index (κ1) is 28.2. The van der Waals surface area contributed by atoms with Crippen molar-refractivity contribution in [1.29, 1.82) is 0 Å². The van der Waals surface area contributed by atoms with E-state index in [1.54, 1.807) is 6.92 Å². The van der Waals surface area contributed by atoms with Crippen molar-refractivity contribution in [3.8, 4) is 16.9 Å². The van der Waals surface area contributed by atoms with Crippen molar-refractivity contribution < 1.29 is 14.6 Å². The molecule has 190 valence electrons. The predicted octanol–water partition coefficient (Wildman–Crippen LogP) is 7.54. The number of aromatic nitrogens is 1. The molecule has 1 unspecified atom stereocenters. The van der Waals surface area contributed by atoms with Crippen molar-refractivity contribution in [3.63, 3.8) is 0 Å². The highest BCUT2D eigenvalue weighted by Crippen LogP contribution is 2.26. The molecule has 3 rings (SSSR count). The number of fused-ring (bicyclic) bond motifs is 1. The van der Waals surface area contributed by atoms with E-state index in [0.717, 1.165) is 66.4 Å². The minimum absolute atomic E-state index is 0.0809. The van der Waals surface area contributed by atoms with E-state index in [-0.39, 0.29) is 17.1 Å². The zero-order valence-corrected chi connectivity index (χ0v) is 22.1. The van der Waals surface area contributed by atoms with Crippen molar-refractivity contribution in [2.24, 2.45) is 5.92 Å². The number of unbranched alkanes of at least 4 members (excludes halogenated alkanes) is 2. The summed E-state index contributed by atoms with van der Waals surface area (Å²) in [7, 11) is 0. The van der Waals surface area contributed by atoms with Crippen LogP contribution in [0.3, 0.4) is 0 Å². The molecule has 1 N–H and O–H groups in total. The van der Waals surface area contributed by atoms with Crippen LogP contribution in [0.4, 0.5) is 0 Å². The van der Waals surface area contributed by atoms with E-state index in [9.17, 15) is 9.59 Å². The van der Waals surface area contributed by atoms with Gasteiger partial charge in [-0.15, -0.1) is 0 Å². The normalized spacial score (nSPS) is 12.1. The molecule has 35 heavy (non-hydrogen) atoms. The molecule has 0 radical (unpaired) electrons. The molecule has 0 aliphatic rings. The first-order valence-corrected chi connectivity index (χ1v) is 12.8. The molecule has 1 atom stereocenters. The van der Waals surface area contributed by atoms with Gasteiger partial charge in [0.2, 0.25) is 0 Å². The number of benzene rings is 2. The summed E-state index contributed by atoms with van der Waals surface area (Å²) in [5.74, 6) is -0.0536. The molecule has 0 amide bonds. The fourth-order valence-electron chi connectivity index (χ4n) is 3.54. The number of pyridine rings is 1. The number of aliphatic carboxylic acids is 1. The highest BCUT2D eigenvalue weighted by atomic mass is 16.5. The molecule has 0 bridgehead atoms. The fraction of sp³-hybridized carbons (Fsp3) is 0.467. The number of hydrogen-bond donors (Lipinski definition) is 1. The van der Waals surface area contributed by atoms with E-state index in [4.69, 9.17) is 9.84 Å². The van der Waals surface area contributed by atoms with Crippen molar-refractivity contribution in [3.05, 3.63) is 65.0 Å². The molecule has 5 nitrogen and oxygen atoms in total. The standard InChI is InChI=1S/C25H31NO2.C5H10O2/c1-5-7-10-17-26-23-12-9-8-11-20(23)18-22(24(26)27)19-13-15-21(16-14-19)28-25(3,4)6-2;1-3-4(2)5(6)7/h8-9,11-16,18H,5-7,10,17H2,1-4H3;4H,3H2,1-2H3,(H,6,7). The van der Waals surface area contributed by atoms with Gasteiger partial charge in [0, 0.05) is 12.1 Å². The molecule has 1 heterocycles. The third kappa shape index (κ3) is 7.98. The monoisotopic (exact) mass is 479 g/mol. The van der Waals surface area contributed by atoms with Gasteiger partial charge in [-0.05, 0) is 68.3 Å². The second kappa shape index (κ2) is 13.1. The molecular formula is C30H41NO4. The molecule has 0 spiro atoms. The highest BCUT2D eigenvalue weighted by molar-refractivity contribution is 5.84. The number of hydrogen-bond acceptors (Lipinski definition) is 3. The molecule has 0 aliphatic heterocycles. The molecule has 0 fully saturated rings. The molecule has 0 aliphatic carbocycles. The van der Waals surface area contributed by atoms with Crippen LogP contribution in [-0.2, 0) is 11.3 Å². The first-order chi connectivity index (χ1) is 16.6. The zero-order valence-electron chi connectivity index (χ0n) is 22.1. The summed E-state index contributed by atoms with van der Waals surface area (Å²) in [6.07, 6.45) is 4.94. The van der Waals surface area contributed by atoms with Gasteiger partial charge in [0.1, 0.15) is 11.4 Å². The Hall–Kier alpha value is -3.08. The second-order valence-corrected chi connectivity index (χ2v) is 9.67. The van der Waals surface area contributed by atoms with Crippen LogP contribution in [0, 0.1) is 5.92 Å².